The Balaban J connectivity index is 2.24. The van der Waals surface area contributed by atoms with Gasteiger partial charge in [-0.05, 0) is 43.2 Å². The lowest BCUT2D eigenvalue weighted by atomic mass is 10.2. The third-order valence-corrected chi connectivity index (χ3v) is 3.09. The van der Waals surface area contributed by atoms with Crippen molar-refractivity contribution in [1.82, 2.24) is 9.78 Å². The molecule has 0 amide bonds. The van der Waals surface area contributed by atoms with Crippen LogP contribution in [0.25, 0.3) is 0 Å². The Kier molecular flexibility index (Phi) is 4.75. The van der Waals surface area contributed by atoms with Crippen molar-refractivity contribution >= 4 is 17.6 Å². The smallest absolute Gasteiger partial charge is 0.364 e. The maximum atomic E-state index is 12.1. The molecule has 21 heavy (non-hydrogen) atoms. The van der Waals surface area contributed by atoms with Crippen LogP contribution in [0.4, 0.5) is 0 Å². The fourth-order valence-electron chi connectivity index (χ4n) is 1.81. The Morgan fingerprint density at radius 1 is 1.33 bits per heavy atom. The van der Waals surface area contributed by atoms with Crippen LogP contribution in [0.1, 0.15) is 29.4 Å². The number of ether oxygens (including phenoxy) is 1. The molecule has 0 unspecified atom stereocenters. The Bertz CT molecular complexity index is 725. The standard InChI is InChI=1S/C15H15ClN2O3/c1-3-8-18-14(19)7-5-12(17-18)15(20)21-13-6-4-11(16)9-10(13)2/h4-7,9H,3,8H2,1-2H3. The lowest BCUT2D eigenvalue weighted by Crippen LogP contribution is -2.25. The number of halogens is 1. The van der Waals surface area contributed by atoms with Crippen molar-refractivity contribution in [2.24, 2.45) is 0 Å². The third-order valence-electron chi connectivity index (χ3n) is 2.85. The first kappa shape index (κ1) is 15.3. The summed E-state index contributed by atoms with van der Waals surface area (Å²) in [5, 5.41) is 4.58. The van der Waals surface area contributed by atoms with Crippen LogP contribution in [0.5, 0.6) is 5.75 Å². The monoisotopic (exact) mass is 306 g/mol. The molecule has 0 spiro atoms. The highest BCUT2D eigenvalue weighted by atomic mass is 35.5. The van der Waals surface area contributed by atoms with E-state index in [0.29, 0.717) is 17.3 Å². The maximum absolute atomic E-state index is 12.1. The molecule has 0 aliphatic rings. The minimum absolute atomic E-state index is 0.0948. The van der Waals surface area contributed by atoms with Gasteiger partial charge in [-0.1, -0.05) is 18.5 Å². The highest BCUT2D eigenvalue weighted by Crippen LogP contribution is 2.22. The maximum Gasteiger partial charge on any atom is 0.364 e. The van der Waals surface area contributed by atoms with Crippen molar-refractivity contribution in [3.05, 3.63) is 57.0 Å². The van der Waals surface area contributed by atoms with E-state index in [9.17, 15) is 9.59 Å². The Morgan fingerprint density at radius 3 is 2.76 bits per heavy atom. The molecular formula is C15H15ClN2O3. The van der Waals surface area contributed by atoms with Crippen LogP contribution in [-0.2, 0) is 6.54 Å². The summed E-state index contributed by atoms with van der Waals surface area (Å²) >= 11 is 5.85. The zero-order chi connectivity index (χ0) is 15.4. The second kappa shape index (κ2) is 6.54. The van der Waals surface area contributed by atoms with Crippen LogP contribution >= 0.6 is 11.6 Å². The minimum atomic E-state index is -0.606. The zero-order valence-electron chi connectivity index (χ0n) is 11.8. The van der Waals surface area contributed by atoms with Crippen LogP contribution in [-0.4, -0.2) is 15.7 Å². The minimum Gasteiger partial charge on any atom is -0.421 e. The van der Waals surface area contributed by atoms with Gasteiger partial charge in [-0.15, -0.1) is 0 Å². The van der Waals surface area contributed by atoms with Gasteiger partial charge in [0.25, 0.3) is 5.56 Å². The van der Waals surface area contributed by atoms with Gasteiger partial charge in [-0.25, -0.2) is 9.48 Å². The Labute approximate surface area is 127 Å². The molecule has 2 rings (SSSR count). The molecule has 1 aromatic heterocycles. The number of rotatable bonds is 4. The van der Waals surface area contributed by atoms with E-state index in [0.717, 1.165) is 12.0 Å². The van der Waals surface area contributed by atoms with Crippen molar-refractivity contribution in [2.45, 2.75) is 26.8 Å². The lowest BCUT2D eigenvalue weighted by molar-refractivity contribution is 0.0724. The molecule has 1 heterocycles. The topological polar surface area (TPSA) is 61.2 Å². The summed E-state index contributed by atoms with van der Waals surface area (Å²) in [5.41, 5.74) is 0.603. The van der Waals surface area contributed by atoms with Crippen molar-refractivity contribution in [1.29, 1.82) is 0 Å². The normalized spacial score (nSPS) is 10.4. The quantitative estimate of drug-likeness (QED) is 0.643. The molecule has 0 atom stereocenters. The van der Waals surface area contributed by atoms with Crippen LogP contribution in [0, 0.1) is 6.92 Å². The zero-order valence-corrected chi connectivity index (χ0v) is 12.6. The molecule has 2 aromatic rings. The van der Waals surface area contributed by atoms with Gasteiger partial charge in [0.1, 0.15) is 5.75 Å². The average molecular weight is 307 g/mol. The summed E-state index contributed by atoms with van der Waals surface area (Å²) in [6.45, 7) is 4.18. The van der Waals surface area contributed by atoms with Gasteiger partial charge in [-0.3, -0.25) is 4.79 Å². The first-order valence-corrected chi connectivity index (χ1v) is 6.95. The van der Waals surface area contributed by atoms with E-state index in [-0.39, 0.29) is 11.3 Å². The third kappa shape index (κ3) is 3.70. The highest BCUT2D eigenvalue weighted by molar-refractivity contribution is 6.30. The van der Waals surface area contributed by atoms with E-state index in [1.54, 1.807) is 25.1 Å². The molecule has 0 radical (unpaired) electrons. The Morgan fingerprint density at radius 2 is 2.10 bits per heavy atom. The molecule has 0 saturated carbocycles. The summed E-state index contributed by atoms with van der Waals surface area (Å²) in [7, 11) is 0. The number of hydrogen-bond acceptors (Lipinski definition) is 4. The van der Waals surface area contributed by atoms with E-state index < -0.39 is 5.97 Å². The molecule has 0 saturated heterocycles. The van der Waals surface area contributed by atoms with Gasteiger partial charge in [0.2, 0.25) is 0 Å². The molecule has 0 fully saturated rings. The SMILES string of the molecule is CCCn1nc(C(=O)Oc2ccc(Cl)cc2C)ccc1=O. The van der Waals surface area contributed by atoms with Gasteiger partial charge in [0.15, 0.2) is 5.69 Å². The van der Waals surface area contributed by atoms with Gasteiger partial charge >= 0.3 is 5.97 Å². The first-order chi connectivity index (χ1) is 10.0. The molecule has 5 nitrogen and oxygen atoms in total. The van der Waals surface area contributed by atoms with Crippen molar-refractivity contribution in [3.8, 4) is 5.75 Å². The molecule has 0 bridgehead atoms. The van der Waals surface area contributed by atoms with E-state index >= 15 is 0 Å². The molecule has 0 aliphatic carbocycles. The number of aromatic nitrogens is 2. The summed E-state index contributed by atoms with van der Waals surface area (Å²) in [6.07, 6.45) is 0.752. The first-order valence-electron chi connectivity index (χ1n) is 6.57. The summed E-state index contributed by atoms with van der Waals surface area (Å²) in [6, 6.07) is 7.64. The predicted molar refractivity (Wildman–Crippen MR) is 79.9 cm³/mol. The van der Waals surface area contributed by atoms with Crippen molar-refractivity contribution in [3.63, 3.8) is 0 Å². The molecule has 1 aromatic carbocycles. The summed E-state index contributed by atoms with van der Waals surface area (Å²) in [5.74, 6) is -0.190. The van der Waals surface area contributed by atoms with Crippen LogP contribution < -0.4 is 10.3 Å². The molecule has 110 valence electrons. The van der Waals surface area contributed by atoms with Crippen molar-refractivity contribution < 1.29 is 9.53 Å². The average Bonchev–Trinajstić information content (AvgIpc) is 2.44. The number of esters is 1. The Hall–Kier alpha value is -2.14. The predicted octanol–water partition coefficient (Wildman–Crippen LogP) is 2.83. The number of aryl methyl sites for hydroxylation is 2. The van der Waals surface area contributed by atoms with Crippen molar-refractivity contribution in [2.75, 3.05) is 0 Å². The number of benzene rings is 1. The number of nitrogens with zero attached hydrogens (tertiary/aromatic N) is 2. The number of hydrogen-bond donors (Lipinski definition) is 0. The summed E-state index contributed by atoms with van der Waals surface area (Å²) < 4.78 is 6.54. The fourth-order valence-corrected chi connectivity index (χ4v) is 2.04. The van der Waals surface area contributed by atoms with E-state index in [1.165, 1.54) is 16.8 Å². The largest absolute Gasteiger partial charge is 0.421 e. The highest BCUT2D eigenvalue weighted by Gasteiger charge is 2.13. The number of carbonyl (C=O) groups excluding carboxylic acids is 1. The fraction of sp³-hybridized carbons (Fsp3) is 0.267. The molecule has 6 heteroatoms. The van der Waals surface area contributed by atoms with Gasteiger partial charge in [-0.2, -0.15) is 5.10 Å². The second-order valence-electron chi connectivity index (χ2n) is 4.58. The second-order valence-corrected chi connectivity index (χ2v) is 5.02. The lowest BCUT2D eigenvalue weighted by Gasteiger charge is -2.08. The van der Waals surface area contributed by atoms with E-state index in [2.05, 4.69) is 5.10 Å². The van der Waals surface area contributed by atoms with Gasteiger partial charge < -0.3 is 4.74 Å². The van der Waals surface area contributed by atoms with E-state index in [1.807, 2.05) is 6.92 Å². The van der Waals surface area contributed by atoms with E-state index in [4.69, 9.17) is 16.3 Å². The number of carbonyl (C=O) groups is 1. The molecule has 0 N–H and O–H groups in total. The van der Waals surface area contributed by atoms with Crippen LogP contribution in [0.15, 0.2) is 35.1 Å². The van der Waals surface area contributed by atoms with Gasteiger partial charge in [0, 0.05) is 17.6 Å². The summed E-state index contributed by atoms with van der Waals surface area (Å²) in [4.78, 5) is 23.7. The van der Waals surface area contributed by atoms with Crippen LogP contribution in [0.2, 0.25) is 5.02 Å². The molecular weight excluding hydrogens is 292 g/mol. The van der Waals surface area contributed by atoms with Gasteiger partial charge in [0.05, 0.1) is 0 Å². The van der Waals surface area contributed by atoms with Crippen LogP contribution in [0.3, 0.4) is 0 Å². The molecule has 0 aliphatic heterocycles.